The summed E-state index contributed by atoms with van der Waals surface area (Å²) in [5, 5.41) is 17.1. The summed E-state index contributed by atoms with van der Waals surface area (Å²) in [6, 6.07) is 9.20. The van der Waals surface area contributed by atoms with Crippen LogP contribution < -0.4 is 16.4 Å². The molecule has 6 nitrogen and oxygen atoms in total. The van der Waals surface area contributed by atoms with Crippen LogP contribution in [0.15, 0.2) is 35.5 Å². The Morgan fingerprint density at radius 2 is 2.05 bits per heavy atom. The lowest BCUT2D eigenvalue weighted by atomic mass is 9.98. The van der Waals surface area contributed by atoms with E-state index in [4.69, 9.17) is 10.9 Å². The molecule has 0 aromatic heterocycles. The highest BCUT2D eigenvalue weighted by Gasteiger charge is 2.29. The number of nitrogens with two attached hydrogens (primary N) is 1. The van der Waals surface area contributed by atoms with E-state index >= 15 is 0 Å². The molecule has 1 aromatic rings. The van der Waals surface area contributed by atoms with Crippen LogP contribution in [0.2, 0.25) is 0 Å². The topological polar surface area (TPSA) is 99.7 Å². The lowest BCUT2D eigenvalue weighted by Gasteiger charge is -2.28. The van der Waals surface area contributed by atoms with Crippen LogP contribution in [0.4, 0.5) is 4.79 Å². The van der Waals surface area contributed by atoms with E-state index < -0.39 is 5.54 Å². The van der Waals surface area contributed by atoms with Crippen LogP contribution in [0.3, 0.4) is 0 Å². The van der Waals surface area contributed by atoms with Crippen LogP contribution in [-0.4, -0.2) is 22.6 Å². The third kappa shape index (κ3) is 4.17. The third-order valence-corrected chi connectivity index (χ3v) is 3.07. The third-order valence-electron chi connectivity index (χ3n) is 3.07. The summed E-state index contributed by atoms with van der Waals surface area (Å²) in [5.74, 6) is -0.0233. The van der Waals surface area contributed by atoms with Gasteiger partial charge in [0.25, 0.3) is 0 Å². The molecule has 0 aliphatic carbocycles. The Hall–Kier alpha value is -2.24. The fourth-order valence-corrected chi connectivity index (χ4v) is 1.52. The number of benzene rings is 1. The minimum Gasteiger partial charge on any atom is -0.409 e. The second-order valence-corrected chi connectivity index (χ2v) is 4.46. The van der Waals surface area contributed by atoms with Crippen LogP contribution in [0, 0.1) is 0 Å². The second-order valence-electron chi connectivity index (χ2n) is 4.46. The van der Waals surface area contributed by atoms with Gasteiger partial charge >= 0.3 is 6.03 Å². The fraction of sp³-hybridized carbons (Fsp3) is 0.385. The Morgan fingerprint density at radius 1 is 1.42 bits per heavy atom. The number of urea groups is 1. The zero-order chi connectivity index (χ0) is 14.3. The molecule has 1 unspecified atom stereocenters. The number of rotatable bonds is 5. The molecule has 6 heteroatoms. The first-order valence-electron chi connectivity index (χ1n) is 6.09. The molecule has 0 fully saturated rings. The minimum absolute atomic E-state index is 0.0233. The van der Waals surface area contributed by atoms with Gasteiger partial charge in [-0.1, -0.05) is 42.4 Å². The van der Waals surface area contributed by atoms with Gasteiger partial charge in [-0.2, -0.15) is 0 Å². The van der Waals surface area contributed by atoms with Crippen LogP contribution in [0.25, 0.3) is 0 Å². The highest BCUT2D eigenvalue weighted by Crippen LogP contribution is 2.09. The molecule has 0 aliphatic rings. The molecular formula is C13H20N4O2. The highest BCUT2D eigenvalue weighted by atomic mass is 16.4. The van der Waals surface area contributed by atoms with Crippen LogP contribution in [-0.2, 0) is 6.54 Å². The number of nitrogens with zero attached hydrogens (tertiary/aromatic N) is 1. The summed E-state index contributed by atoms with van der Waals surface area (Å²) in [5.41, 5.74) is 5.71. The molecule has 0 radical (unpaired) electrons. The number of oxime groups is 1. The van der Waals surface area contributed by atoms with Crippen molar-refractivity contribution in [2.45, 2.75) is 32.4 Å². The zero-order valence-corrected chi connectivity index (χ0v) is 11.2. The van der Waals surface area contributed by atoms with Gasteiger partial charge in [0.05, 0.1) is 5.54 Å². The standard InChI is InChI=1S/C13H20N4O2/c1-3-13(2,11(14)17-19)16-12(18)15-9-10-7-5-4-6-8-10/h4-8,19H,3,9H2,1-2H3,(H2,14,17)(H2,15,16,18). The summed E-state index contributed by atoms with van der Waals surface area (Å²) < 4.78 is 0. The van der Waals surface area contributed by atoms with Crippen LogP contribution in [0.5, 0.6) is 0 Å². The Kier molecular flexibility index (Phi) is 5.17. The number of amides is 2. The van der Waals surface area contributed by atoms with Gasteiger partial charge < -0.3 is 21.6 Å². The van der Waals surface area contributed by atoms with Gasteiger partial charge in [0.15, 0.2) is 5.84 Å². The Labute approximate surface area is 112 Å². The fourth-order valence-electron chi connectivity index (χ4n) is 1.52. The van der Waals surface area contributed by atoms with E-state index in [1.807, 2.05) is 37.3 Å². The van der Waals surface area contributed by atoms with Gasteiger partial charge in [0, 0.05) is 6.54 Å². The van der Waals surface area contributed by atoms with Crippen molar-refractivity contribution in [1.82, 2.24) is 10.6 Å². The van der Waals surface area contributed by atoms with E-state index in [9.17, 15) is 4.79 Å². The quantitative estimate of drug-likeness (QED) is 0.280. The van der Waals surface area contributed by atoms with Crippen molar-refractivity contribution >= 4 is 11.9 Å². The number of nitrogens with one attached hydrogen (secondary N) is 2. The molecule has 0 bridgehead atoms. The van der Waals surface area contributed by atoms with E-state index in [1.54, 1.807) is 6.92 Å². The largest absolute Gasteiger partial charge is 0.409 e. The van der Waals surface area contributed by atoms with E-state index in [1.165, 1.54) is 0 Å². The number of carbonyl (C=O) groups is 1. The van der Waals surface area contributed by atoms with Gasteiger partial charge in [0.2, 0.25) is 0 Å². The molecule has 0 aliphatic heterocycles. The van der Waals surface area contributed by atoms with E-state index in [0.717, 1.165) is 5.56 Å². The van der Waals surface area contributed by atoms with Crippen molar-refractivity contribution in [3.63, 3.8) is 0 Å². The Balaban J connectivity index is 2.55. The molecule has 1 atom stereocenters. The van der Waals surface area contributed by atoms with E-state index in [0.29, 0.717) is 13.0 Å². The van der Waals surface area contributed by atoms with Crippen molar-refractivity contribution < 1.29 is 10.0 Å². The Bertz CT molecular complexity index is 447. The molecule has 1 rings (SSSR count). The first kappa shape index (κ1) is 14.8. The van der Waals surface area contributed by atoms with Gasteiger partial charge in [-0.3, -0.25) is 0 Å². The summed E-state index contributed by atoms with van der Waals surface area (Å²) in [7, 11) is 0. The highest BCUT2D eigenvalue weighted by molar-refractivity contribution is 5.93. The van der Waals surface area contributed by atoms with Crippen LogP contribution in [0.1, 0.15) is 25.8 Å². The summed E-state index contributed by atoms with van der Waals surface area (Å²) in [4.78, 5) is 11.8. The molecule has 0 saturated heterocycles. The normalized spacial score (nSPS) is 14.5. The second kappa shape index (κ2) is 6.63. The maximum Gasteiger partial charge on any atom is 0.315 e. The summed E-state index contributed by atoms with van der Waals surface area (Å²) >= 11 is 0. The molecule has 5 N–H and O–H groups in total. The number of hydrogen-bond donors (Lipinski definition) is 4. The first-order chi connectivity index (χ1) is 9.01. The van der Waals surface area contributed by atoms with Crippen molar-refractivity contribution in [3.8, 4) is 0 Å². The van der Waals surface area contributed by atoms with Gasteiger partial charge in [-0.25, -0.2) is 4.79 Å². The van der Waals surface area contributed by atoms with E-state index in [2.05, 4.69) is 15.8 Å². The van der Waals surface area contributed by atoms with Crippen molar-refractivity contribution in [2.75, 3.05) is 0 Å². The monoisotopic (exact) mass is 264 g/mol. The van der Waals surface area contributed by atoms with Crippen LogP contribution >= 0.6 is 0 Å². The molecule has 104 valence electrons. The van der Waals surface area contributed by atoms with Gasteiger partial charge in [-0.15, -0.1) is 0 Å². The smallest absolute Gasteiger partial charge is 0.315 e. The maximum atomic E-state index is 11.8. The average Bonchev–Trinajstić information content (AvgIpc) is 2.45. The minimum atomic E-state index is -0.866. The van der Waals surface area contributed by atoms with Gasteiger partial charge in [-0.05, 0) is 18.9 Å². The summed E-state index contributed by atoms with van der Waals surface area (Å²) in [6.07, 6.45) is 0.516. The molecule has 19 heavy (non-hydrogen) atoms. The first-order valence-corrected chi connectivity index (χ1v) is 6.09. The Morgan fingerprint density at radius 3 is 2.58 bits per heavy atom. The molecule has 0 spiro atoms. The summed E-state index contributed by atoms with van der Waals surface area (Å²) in [6.45, 7) is 3.96. The van der Waals surface area contributed by atoms with Crippen molar-refractivity contribution in [2.24, 2.45) is 10.9 Å². The molecule has 1 aromatic carbocycles. The predicted molar refractivity (Wildman–Crippen MR) is 73.9 cm³/mol. The van der Waals surface area contributed by atoms with Gasteiger partial charge in [0.1, 0.15) is 0 Å². The number of amidine groups is 1. The molecule has 0 saturated carbocycles. The molecule has 2 amide bonds. The number of hydrogen-bond acceptors (Lipinski definition) is 3. The maximum absolute atomic E-state index is 11.8. The average molecular weight is 264 g/mol. The lowest BCUT2D eigenvalue weighted by Crippen LogP contribution is -2.57. The van der Waals surface area contributed by atoms with Crippen molar-refractivity contribution in [3.05, 3.63) is 35.9 Å². The SMILES string of the molecule is CCC(C)(NC(=O)NCc1ccccc1)/C(N)=N/O. The molecular weight excluding hydrogens is 244 g/mol. The predicted octanol–water partition coefficient (Wildman–Crippen LogP) is 1.40. The number of carbonyl (C=O) groups excluding carboxylic acids is 1. The zero-order valence-electron chi connectivity index (χ0n) is 11.2. The van der Waals surface area contributed by atoms with E-state index in [-0.39, 0.29) is 11.9 Å². The van der Waals surface area contributed by atoms with Crippen molar-refractivity contribution in [1.29, 1.82) is 0 Å². The molecule has 0 heterocycles. The lowest BCUT2D eigenvalue weighted by molar-refractivity contribution is 0.232.